The standard InChI is InChI=1S/C64H42N4/c1-4-19-41(20-5-1)61-65-62(42-21-6-2-7-22-42)67-63(66-61)45-24-18-23-43(39-45)47-27-10-11-28-48(47)44-35-38-58-53(40-44)51-36-37-57-59(60(51)68(58)46-25-8-3-9-26-46)52-31-14-17-34-56(52)64(57)54-32-15-12-29-49(54)50-30-13-16-33-55(50)64/h1-40,61H,(H,65,66,67). The largest absolute Gasteiger partial charge is 0.324 e. The zero-order chi connectivity index (χ0) is 44.8. The molecule has 3 aliphatic rings. The van der Waals surface area contributed by atoms with Crippen LogP contribution in [0.1, 0.15) is 45.1 Å². The molecule has 14 rings (SSSR count). The van der Waals surface area contributed by atoms with E-state index < -0.39 is 5.41 Å². The fraction of sp³-hybridized carbons (Fsp3) is 0.0312. The monoisotopic (exact) mass is 866 g/mol. The van der Waals surface area contributed by atoms with Gasteiger partial charge in [0.25, 0.3) is 0 Å². The number of para-hydroxylation sites is 1. The molecule has 1 aromatic heterocycles. The normalized spacial score (nSPS) is 15.0. The molecule has 318 valence electrons. The van der Waals surface area contributed by atoms with E-state index >= 15 is 0 Å². The van der Waals surface area contributed by atoms with Crippen molar-refractivity contribution in [3.05, 3.63) is 282 Å². The van der Waals surface area contributed by atoms with E-state index in [4.69, 9.17) is 9.98 Å². The third kappa shape index (κ3) is 5.61. The van der Waals surface area contributed by atoms with Crippen molar-refractivity contribution in [1.29, 1.82) is 0 Å². The van der Waals surface area contributed by atoms with E-state index in [1.54, 1.807) is 0 Å². The van der Waals surface area contributed by atoms with Crippen LogP contribution in [0.5, 0.6) is 0 Å². The average molecular weight is 867 g/mol. The topological polar surface area (TPSA) is 41.7 Å². The highest BCUT2D eigenvalue weighted by Gasteiger charge is 2.52. The number of benzene rings is 10. The Balaban J connectivity index is 0.942. The van der Waals surface area contributed by atoms with Crippen LogP contribution >= 0.6 is 0 Å². The Labute approximate surface area is 394 Å². The Hall–Kier alpha value is -8.86. The summed E-state index contributed by atoms with van der Waals surface area (Å²) >= 11 is 0. The van der Waals surface area contributed by atoms with Crippen molar-refractivity contribution >= 4 is 33.5 Å². The van der Waals surface area contributed by atoms with E-state index in [1.165, 1.54) is 71.9 Å². The van der Waals surface area contributed by atoms with Gasteiger partial charge in [-0.05, 0) is 97.1 Å². The number of nitrogens with one attached hydrogen (secondary N) is 1. The molecule has 1 spiro atoms. The molecule has 68 heavy (non-hydrogen) atoms. The number of hydrogen-bond donors (Lipinski definition) is 1. The molecule has 10 aromatic carbocycles. The zero-order valence-corrected chi connectivity index (χ0v) is 37.0. The lowest BCUT2D eigenvalue weighted by atomic mass is 9.70. The lowest BCUT2D eigenvalue weighted by Gasteiger charge is -2.30. The van der Waals surface area contributed by atoms with Crippen LogP contribution in [-0.2, 0) is 5.41 Å². The second-order valence-corrected chi connectivity index (χ2v) is 18.0. The predicted molar refractivity (Wildman–Crippen MR) is 280 cm³/mol. The van der Waals surface area contributed by atoms with Crippen LogP contribution in [0.2, 0.25) is 0 Å². The van der Waals surface area contributed by atoms with Crippen LogP contribution in [0.4, 0.5) is 0 Å². The first kappa shape index (κ1) is 38.4. The minimum Gasteiger partial charge on any atom is -0.324 e. The van der Waals surface area contributed by atoms with Gasteiger partial charge in [-0.2, -0.15) is 0 Å². The minimum absolute atomic E-state index is 0.367. The summed E-state index contributed by atoms with van der Waals surface area (Å²) in [5.41, 5.74) is 21.4. The highest BCUT2D eigenvalue weighted by molar-refractivity contribution is 6.18. The second-order valence-electron chi connectivity index (χ2n) is 18.0. The first-order chi connectivity index (χ1) is 33.7. The van der Waals surface area contributed by atoms with Crippen molar-refractivity contribution in [3.8, 4) is 50.2 Å². The number of nitrogens with zero attached hydrogens (tertiary/aromatic N) is 3. The molecule has 0 radical (unpaired) electrons. The highest BCUT2D eigenvalue weighted by Crippen LogP contribution is 2.64. The zero-order valence-electron chi connectivity index (χ0n) is 37.0. The SMILES string of the molecule is c1ccc(C2=NC(c3ccccc3)N=C(c3cccc(-c4ccccc4-c4ccc5c(c4)c4ccc6c(c4n5-c4ccccc4)-c4ccccc4C64c5ccccc5-c5ccccc54)c3)N2)cc1. The first-order valence-corrected chi connectivity index (χ1v) is 23.4. The Bertz CT molecular complexity index is 3840. The van der Waals surface area contributed by atoms with Gasteiger partial charge in [0.2, 0.25) is 0 Å². The fourth-order valence-electron chi connectivity index (χ4n) is 11.6. The number of hydrogen-bond acceptors (Lipinski definition) is 3. The highest BCUT2D eigenvalue weighted by atomic mass is 15.2. The summed E-state index contributed by atoms with van der Waals surface area (Å²) < 4.78 is 2.51. The summed E-state index contributed by atoms with van der Waals surface area (Å²) in [7, 11) is 0. The molecule has 4 nitrogen and oxygen atoms in total. The van der Waals surface area contributed by atoms with E-state index in [-0.39, 0.29) is 6.17 Å². The van der Waals surface area contributed by atoms with Gasteiger partial charge < -0.3 is 9.88 Å². The summed E-state index contributed by atoms with van der Waals surface area (Å²) in [6.45, 7) is 0. The minimum atomic E-state index is -0.430. The van der Waals surface area contributed by atoms with Crippen molar-refractivity contribution in [2.24, 2.45) is 9.98 Å². The number of fused-ring (bicyclic) bond motifs is 14. The van der Waals surface area contributed by atoms with Crippen LogP contribution in [0.3, 0.4) is 0 Å². The van der Waals surface area contributed by atoms with Crippen LogP contribution < -0.4 is 5.32 Å². The van der Waals surface area contributed by atoms with Crippen LogP contribution in [-0.4, -0.2) is 16.2 Å². The van der Waals surface area contributed by atoms with E-state index in [1.807, 2.05) is 36.4 Å². The number of rotatable bonds is 6. The lowest BCUT2D eigenvalue weighted by Crippen LogP contribution is -2.36. The third-order valence-electron chi connectivity index (χ3n) is 14.5. The molecule has 2 heterocycles. The number of amidine groups is 2. The van der Waals surface area contributed by atoms with Crippen LogP contribution in [0, 0.1) is 0 Å². The predicted octanol–water partition coefficient (Wildman–Crippen LogP) is 15.0. The molecule has 4 heteroatoms. The Kier molecular flexibility index (Phi) is 8.53. The summed E-state index contributed by atoms with van der Waals surface area (Å²) in [5, 5.41) is 6.07. The molecule has 2 aliphatic carbocycles. The molecule has 1 unspecified atom stereocenters. The molecular weight excluding hydrogens is 825 g/mol. The summed E-state index contributed by atoms with van der Waals surface area (Å²) in [5.74, 6) is 1.60. The van der Waals surface area contributed by atoms with E-state index in [0.717, 1.165) is 50.7 Å². The van der Waals surface area contributed by atoms with Crippen molar-refractivity contribution < 1.29 is 0 Å². The van der Waals surface area contributed by atoms with Gasteiger partial charge in [-0.25, -0.2) is 9.98 Å². The van der Waals surface area contributed by atoms with Gasteiger partial charge in [-0.3, -0.25) is 0 Å². The lowest BCUT2D eigenvalue weighted by molar-refractivity contribution is 0.756. The molecule has 0 saturated heterocycles. The van der Waals surface area contributed by atoms with Gasteiger partial charge in [0.15, 0.2) is 6.17 Å². The molecule has 1 atom stereocenters. The molecule has 0 fully saturated rings. The van der Waals surface area contributed by atoms with Gasteiger partial charge >= 0.3 is 0 Å². The maximum absolute atomic E-state index is 5.20. The molecule has 0 saturated carbocycles. The molecule has 0 bridgehead atoms. The van der Waals surface area contributed by atoms with Crippen molar-refractivity contribution in [3.63, 3.8) is 0 Å². The van der Waals surface area contributed by atoms with E-state index in [2.05, 4.69) is 216 Å². The smallest absolute Gasteiger partial charge is 0.169 e. The van der Waals surface area contributed by atoms with Crippen molar-refractivity contribution in [2.75, 3.05) is 0 Å². The van der Waals surface area contributed by atoms with Gasteiger partial charge in [0, 0.05) is 33.2 Å². The first-order valence-electron chi connectivity index (χ1n) is 23.4. The third-order valence-corrected chi connectivity index (χ3v) is 14.5. The molecule has 1 N–H and O–H groups in total. The summed E-state index contributed by atoms with van der Waals surface area (Å²) in [6, 6.07) is 88.2. The Morgan fingerprint density at radius 3 is 1.56 bits per heavy atom. The fourth-order valence-corrected chi connectivity index (χ4v) is 11.6. The average Bonchev–Trinajstić information content (AvgIpc) is 4.03. The molecular formula is C64H42N4. The maximum atomic E-state index is 5.20. The Morgan fingerprint density at radius 1 is 0.368 bits per heavy atom. The van der Waals surface area contributed by atoms with Gasteiger partial charge in [-0.15, -0.1) is 0 Å². The van der Waals surface area contributed by atoms with Gasteiger partial charge in [-0.1, -0.05) is 212 Å². The Morgan fingerprint density at radius 2 is 0.882 bits per heavy atom. The molecule has 11 aromatic rings. The van der Waals surface area contributed by atoms with E-state index in [0.29, 0.717) is 0 Å². The molecule has 0 amide bonds. The number of aliphatic imine (C=N–C) groups is 2. The maximum Gasteiger partial charge on any atom is 0.169 e. The van der Waals surface area contributed by atoms with Gasteiger partial charge in [0.1, 0.15) is 11.7 Å². The van der Waals surface area contributed by atoms with E-state index in [9.17, 15) is 0 Å². The summed E-state index contributed by atoms with van der Waals surface area (Å²) in [4.78, 5) is 10.3. The quantitative estimate of drug-likeness (QED) is 0.178. The van der Waals surface area contributed by atoms with Crippen molar-refractivity contribution in [2.45, 2.75) is 11.6 Å². The van der Waals surface area contributed by atoms with Crippen LogP contribution in [0.25, 0.3) is 72.0 Å². The second kappa shape index (κ2) is 15.1. The van der Waals surface area contributed by atoms with Crippen LogP contribution in [0.15, 0.2) is 253 Å². The molecule has 1 aliphatic heterocycles. The summed E-state index contributed by atoms with van der Waals surface area (Å²) in [6.07, 6.45) is -0.367. The van der Waals surface area contributed by atoms with Crippen molar-refractivity contribution in [1.82, 2.24) is 9.88 Å². The van der Waals surface area contributed by atoms with Gasteiger partial charge in [0.05, 0.1) is 16.4 Å². The number of aromatic nitrogens is 1.